The van der Waals surface area contributed by atoms with Crippen LogP contribution in [0.2, 0.25) is 0 Å². The third kappa shape index (κ3) is 3.04. The normalized spacial score (nSPS) is 27.9. The highest BCUT2D eigenvalue weighted by atomic mass is 79.9. The molecule has 3 unspecified atom stereocenters. The lowest BCUT2D eigenvalue weighted by molar-refractivity contribution is 0.402. The predicted molar refractivity (Wildman–Crippen MR) is 76.0 cm³/mol. The summed E-state index contributed by atoms with van der Waals surface area (Å²) >= 11 is 3.13. The second-order valence-corrected chi connectivity index (χ2v) is 7.60. The summed E-state index contributed by atoms with van der Waals surface area (Å²) in [7, 11) is -3.57. The van der Waals surface area contributed by atoms with Crippen molar-refractivity contribution in [3.8, 4) is 0 Å². The van der Waals surface area contributed by atoms with E-state index in [0.29, 0.717) is 17.6 Å². The Labute approximate surface area is 122 Å². The van der Waals surface area contributed by atoms with Crippen LogP contribution in [0.25, 0.3) is 0 Å². The van der Waals surface area contributed by atoms with Crippen molar-refractivity contribution in [3.63, 3.8) is 0 Å². The number of hydrogen-bond acceptors (Lipinski definition) is 4. The number of rotatable bonds is 4. The zero-order valence-corrected chi connectivity index (χ0v) is 13.4. The Morgan fingerprint density at radius 1 is 1.47 bits per heavy atom. The number of furan rings is 1. The first kappa shape index (κ1) is 15.0. The van der Waals surface area contributed by atoms with Crippen LogP contribution in [0.3, 0.4) is 0 Å². The van der Waals surface area contributed by atoms with Gasteiger partial charge in [0.25, 0.3) is 0 Å². The Hall–Kier alpha value is -0.370. The lowest BCUT2D eigenvalue weighted by Gasteiger charge is -2.19. The Bertz CT molecular complexity index is 555. The summed E-state index contributed by atoms with van der Waals surface area (Å²) in [6.07, 6.45) is 1.93. The Balaban J connectivity index is 2.20. The van der Waals surface area contributed by atoms with Gasteiger partial charge in [0.15, 0.2) is 4.67 Å². The predicted octanol–water partition coefficient (Wildman–Crippen LogP) is 2.21. The molecule has 0 spiro atoms. The third-order valence-corrected chi connectivity index (χ3v) is 6.32. The lowest BCUT2D eigenvalue weighted by atomic mass is 9.98. The molecule has 3 atom stereocenters. The van der Waals surface area contributed by atoms with Crippen LogP contribution in [0, 0.1) is 11.8 Å². The van der Waals surface area contributed by atoms with Crippen LogP contribution in [0.1, 0.15) is 32.4 Å². The largest absolute Gasteiger partial charge is 0.452 e. The molecule has 1 saturated carbocycles. The molecule has 0 aromatic carbocycles. The van der Waals surface area contributed by atoms with Gasteiger partial charge in [-0.1, -0.05) is 13.8 Å². The molecule has 5 nitrogen and oxygen atoms in total. The molecule has 0 radical (unpaired) electrons. The van der Waals surface area contributed by atoms with E-state index in [4.69, 9.17) is 10.2 Å². The van der Waals surface area contributed by atoms with Crippen molar-refractivity contribution in [2.75, 3.05) is 0 Å². The average Bonchev–Trinajstić information content (AvgIpc) is 2.87. The first-order chi connectivity index (χ1) is 8.85. The molecule has 0 aliphatic heterocycles. The zero-order valence-electron chi connectivity index (χ0n) is 11.0. The van der Waals surface area contributed by atoms with E-state index in [1.165, 1.54) is 6.07 Å². The van der Waals surface area contributed by atoms with E-state index in [1.54, 1.807) is 0 Å². The molecule has 2 rings (SSSR count). The highest BCUT2D eigenvalue weighted by Gasteiger charge is 2.34. The molecule has 1 aromatic heterocycles. The lowest BCUT2D eigenvalue weighted by Crippen LogP contribution is -2.37. The minimum atomic E-state index is -3.57. The molecular weight excluding hydrogens is 332 g/mol. The van der Waals surface area contributed by atoms with E-state index in [1.807, 2.05) is 0 Å². The van der Waals surface area contributed by atoms with E-state index < -0.39 is 10.0 Å². The maximum Gasteiger partial charge on any atom is 0.245 e. The van der Waals surface area contributed by atoms with E-state index in [-0.39, 0.29) is 22.2 Å². The molecule has 7 heteroatoms. The Morgan fingerprint density at radius 2 is 2.16 bits per heavy atom. The Morgan fingerprint density at radius 3 is 2.63 bits per heavy atom. The minimum Gasteiger partial charge on any atom is -0.452 e. The van der Waals surface area contributed by atoms with Gasteiger partial charge in [-0.15, -0.1) is 0 Å². The number of hydrogen-bond donors (Lipinski definition) is 2. The van der Waals surface area contributed by atoms with Crippen molar-refractivity contribution in [1.82, 2.24) is 4.72 Å². The van der Waals surface area contributed by atoms with Gasteiger partial charge < -0.3 is 10.2 Å². The van der Waals surface area contributed by atoms with Gasteiger partial charge >= 0.3 is 0 Å². The fourth-order valence-corrected chi connectivity index (χ4v) is 4.83. The highest BCUT2D eigenvalue weighted by Crippen LogP contribution is 2.33. The molecule has 19 heavy (non-hydrogen) atoms. The minimum absolute atomic E-state index is 0.0110. The van der Waals surface area contributed by atoms with Crippen LogP contribution in [-0.4, -0.2) is 14.5 Å². The van der Waals surface area contributed by atoms with Crippen molar-refractivity contribution in [3.05, 3.63) is 16.5 Å². The van der Waals surface area contributed by atoms with E-state index >= 15 is 0 Å². The van der Waals surface area contributed by atoms with E-state index in [9.17, 15) is 8.42 Å². The van der Waals surface area contributed by atoms with Gasteiger partial charge in [-0.05, 0) is 40.6 Å². The quantitative estimate of drug-likeness (QED) is 0.871. The van der Waals surface area contributed by atoms with Crippen molar-refractivity contribution in [2.45, 2.75) is 44.2 Å². The second kappa shape index (κ2) is 5.55. The van der Waals surface area contributed by atoms with Gasteiger partial charge in [0.2, 0.25) is 10.0 Å². The molecule has 1 aliphatic rings. The van der Waals surface area contributed by atoms with Crippen molar-refractivity contribution < 1.29 is 12.8 Å². The van der Waals surface area contributed by atoms with Crippen LogP contribution in [0.5, 0.6) is 0 Å². The number of nitrogens with one attached hydrogen (secondary N) is 1. The molecule has 108 valence electrons. The molecule has 0 saturated heterocycles. The summed E-state index contributed by atoms with van der Waals surface area (Å²) in [6.45, 7) is 4.41. The summed E-state index contributed by atoms with van der Waals surface area (Å²) in [4.78, 5) is 0.125. The first-order valence-corrected chi connectivity index (χ1v) is 8.63. The van der Waals surface area contributed by atoms with Gasteiger partial charge in [-0.25, -0.2) is 13.1 Å². The van der Waals surface area contributed by atoms with Gasteiger partial charge in [0, 0.05) is 12.1 Å². The molecule has 3 N–H and O–H groups in total. The van der Waals surface area contributed by atoms with Crippen LogP contribution < -0.4 is 10.5 Å². The van der Waals surface area contributed by atoms with Crippen molar-refractivity contribution >= 4 is 26.0 Å². The maximum absolute atomic E-state index is 12.3. The SMILES string of the molecule is CC1CCC(NS(=O)(=O)c2cc(CN)oc2Br)C1C. The van der Waals surface area contributed by atoms with Gasteiger partial charge in [-0.3, -0.25) is 0 Å². The number of halogens is 1. The Kier molecular flexibility index (Phi) is 4.39. The highest BCUT2D eigenvalue weighted by molar-refractivity contribution is 9.10. The first-order valence-electron chi connectivity index (χ1n) is 6.35. The standard InChI is InChI=1S/C12H19BrN2O3S/c1-7-3-4-10(8(7)2)15-19(16,17)11-5-9(6-14)18-12(11)13/h5,7-8,10,15H,3-4,6,14H2,1-2H3. The van der Waals surface area contributed by atoms with Crippen LogP contribution in [-0.2, 0) is 16.6 Å². The molecule has 0 amide bonds. The topological polar surface area (TPSA) is 85.3 Å². The van der Waals surface area contributed by atoms with Crippen LogP contribution in [0.4, 0.5) is 0 Å². The van der Waals surface area contributed by atoms with Crippen LogP contribution in [0.15, 0.2) is 20.0 Å². The fraction of sp³-hybridized carbons (Fsp3) is 0.667. The second-order valence-electron chi connectivity index (χ2n) is 5.20. The molecule has 0 bridgehead atoms. The van der Waals surface area contributed by atoms with E-state index in [0.717, 1.165) is 12.8 Å². The number of sulfonamides is 1. The number of nitrogens with two attached hydrogens (primary N) is 1. The van der Waals surface area contributed by atoms with Crippen molar-refractivity contribution in [2.24, 2.45) is 17.6 Å². The van der Waals surface area contributed by atoms with Gasteiger partial charge in [-0.2, -0.15) is 0 Å². The third-order valence-electron chi connectivity index (χ3n) is 3.97. The average molecular weight is 351 g/mol. The van der Waals surface area contributed by atoms with Gasteiger partial charge in [0.05, 0.1) is 6.54 Å². The van der Waals surface area contributed by atoms with E-state index in [2.05, 4.69) is 34.5 Å². The monoisotopic (exact) mass is 350 g/mol. The zero-order chi connectivity index (χ0) is 14.2. The summed E-state index contributed by atoms with van der Waals surface area (Å²) in [5.41, 5.74) is 5.45. The smallest absolute Gasteiger partial charge is 0.245 e. The summed E-state index contributed by atoms with van der Waals surface area (Å²) in [5, 5.41) is 0. The molecule has 1 heterocycles. The maximum atomic E-state index is 12.3. The summed E-state index contributed by atoms with van der Waals surface area (Å²) in [6, 6.07) is 1.46. The molecule has 1 aromatic rings. The van der Waals surface area contributed by atoms with Crippen molar-refractivity contribution in [1.29, 1.82) is 0 Å². The molecule has 1 aliphatic carbocycles. The summed E-state index contributed by atoms with van der Waals surface area (Å²) < 4.78 is 32.9. The van der Waals surface area contributed by atoms with Crippen LogP contribution >= 0.6 is 15.9 Å². The van der Waals surface area contributed by atoms with Gasteiger partial charge in [0.1, 0.15) is 10.7 Å². The fourth-order valence-electron chi connectivity index (χ4n) is 2.48. The molecule has 1 fully saturated rings. The molecular formula is C12H19BrN2O3S. The summed E-state index contributed by atoms with van der Waals surface area (Å²) in [5.74, 6) is 1.33.